The molecule has 6 heteroatoms. The largest absolute Gasteiger partial charge is 0.480 e. The lowest BCUT2D eigenvalue weighted by Gasteiger charge is -2.12. The molecular formula is C11H13N3O3. The predicted octanol–water partition coefficient (Wildman–Crippen LogP) is 0.257. The maximum atomic E-state index is 11.7. The molecule has 1 aromatic heterocycles. The Bertz CT molecular complexity index is 440. The zero-order chi connectivity index (χ0) is 12.4. The molecule has 0 radical (unpaired) electrons. The molecule has 17 heavy (non-hydrogen) atoms. The van der Waals surface area contributed by atoms with Gasteiger partial charge in [0.05, 0.1) is 11.9 Å². The van der Waals surface area contributed by atoms with E-state index >= 15 is 0 Å². The summed E-state index contributed by atoms with van der Waals surface area (Å²) in [6.07, 6.45) is 3.04. The molecule has 4 N–H and O–H groups in total. The number of carbonyl (C=O) groups is 2. The number of carbonyl (C=O) groups excluding carboxylic acids is 1. The van der Waals surface area contributed by atoms with Crippen LogP contribution in [0.2, 0.25) is 0 Å². The first-order valence-electron chi connectivity index (χ1n) is 5.33. The van der Waals surface area contributed by atoms with Crippen LogP contribution < -0.4 is 11.1 Å². The number of carboxylic acid groups (broad SMARTS) is 1. The van der Waals surface area contributed by atoms with Gasteiger partial charge in [0.15, 0.2) is 0 Å². The fraction of sp³-hybridized carbons (Fsp3) is 0.364. The van der Waals surface area contributed by atoms with Gasteiger partial charge in [-0.3, -0.25) is 4.79 Å². The van der Waals surface area contributed by atoms with Crippen LogP contribution in [0.5, 0.6) is 0 Å². The number of nitrogens with zero attached hydrogens (tertiary/aromatic N) is 1. The minimum absolute atomic E-state index is 0.0465. The van der Waals surface area contributed by atoms with Gasteiger partial charge < -0.3 is 16.2 Å². The molecule has 0 aliphatic heterocycles. The average molecular weight is 235 g/mol. The van der Waals surface area contributed by atoms with Crippen LogP contribution in [-0.2, 0) is 4.79 Å². The first kappa shape index (κ1) is 11.4. The van der Waals surface area contributed by atoms with Crippen molar-refractivity contribution in [2.45, 2.75) is 18.9 Å². The summed E-state index contributed by atoms with van der Waals surface area (Å²) in [6, 6.07) is 2.20. The Morgan fingerprint density at radius 3 is 2.65 bits per heavy atom. The Hall–Kier alpha value is -2.11. The zero-order valence-corrected chi connectivity index (χ0v) is 9.09. The predicted molar refractivity (Wildman–Crippen MR) is 60.3 cm³/mol. The number of aliphatic carboxylic acids is 1. The Morgan fingerprint density at radius 2 is 2.18 bits per heavy atom. The number of nitrogens with one attached hydrogen (secondary N) is 1. The third-order valence-electron chi connectivity index (χ3n) is 2.67. The highest BCUT2D eigenvalue weighted by molar-refractivity contribution is 5.95. The van der Waals surface area contributed by atoms with E-state index < -0.39 is 17.9 Å². The van der Waals surface area contributed by atoms with Crippen LogP contribution in [-0.4, -0.2) is 28.0 Å². The van der Waals surface area contributed by atoms with Crippen molar-refractivity contribution in [2.75, 3.05) is 5.73 Å². The van der Waals surface area contributed by atoms with Crippen molar-refractivity contribution in [3.63, 3.8) is 0 Å². The first-order valence-corrected chi connectivity index (χ1v) is 5.33. The van der Waals surface area contributed by atoms with Gasteiger partial charge in [-0.25, -0.2) is 9.78 Å². The number of amides is 1. The van der Waals surface area contributed by atoms with E-state index in [0.717, 1.165) is 12.8 Å². The van der Waals surface area contributed by atoms with Crippen LogP contribution >= 0.6 is 0 Å². The van der Waals surface area contributed by atoms with Gasteiger partial charge in [0.25, 0.3) is 5.91 Å². The molecule has 1 aliphatic rings. The number of hydrogen-bond donors (Lipinski definition) is 3. The van der Waals surface area contributed by atoms with Crippen LogP contribution in [0.3, 0.4) is 0 Å². The monoisotopic (exact) mass is 235 g/mol. The maximum Gasteiger partial charge on any atom is 0.326 e. The lowest BCUT2D eigenvalue weighted by molar-refractivity contribution is -0.139. The highest BCUT2D eigenvalue weighted by atomic mass is 16.4. The molecule has 6 nitrogen and oxygen atoms in total. The summed E-state index contributed by atoms with van der Waals surface area (Å²) in [4.78, 5) is 26.5. The third kappa shape index (κ3) is 2.72. The Kier molecular flexibility index (Phi) is 2.95. The molecule has 0 bridgehead atoms. The van der Waals surface area contributed by atoms with Crippen molar-refractivity contribution >= 4 is 17.6 Å². The molecule has 0 saturated heterocycles. The van der Waals surface area contributed by atoms with E-state index in [0.29, 0.717) is 5.69 Å². The Labute approximate surface area is 97.8 Å². The maximum absolute atomic E-state index is 11.7. The van der Waals surface area contributed by atoms with Crippen LogP contribution in [0.4, 0.5) is 5.69 Å². The molecule has 1 unspecified atom stereocenters. The van der Waals surface area contributed by atoms with Crippen LogP contribution in [0, 0.1) is 5.92 Å². The standard InChI is InChI=1S/C11H13N3O3/c12-7-3-4-8(13-5-7)10(15)14-9(11(16)17)6-1-2-6/h3-6,9H,1-2,12H2,(H,14,15)(H,16,17). The SMILES string of the molecule is Nc1ccc(C(=O)NC(C(=O)O)C2CC2)nc1. The number of carboxylic acids is 1. The highest BCUT2D eigenvalue weighted by Gasteiger charge is 2.37. The fourth-order valence-electron chi connectivity index (χ4n) is 1.57. The lowest BCUT2D eigenvalue weighted by atomic mass is 10.2. The first-order chi connectivity index (χ1) is 8.08. The number of nitrogen functional groups attached to an aromatic ring is 1. The van der Waals surface area contributed by atoms with Crippen molar-refractivity contribution < 1.29 is 14.7 Å². The number of nitrogens with two attached hydrogens (primary N) is 1. The summed E-state index contributed by atoms with van der Waals surface area (Å²) in [7, 11) is 0. The van der Waals surface area contributed by atoms with Crippen molar-refractivity contribution in [3.8, 4) is 0 Å². The smallest absolute Gasteiger partial charge is 0.326 e. The second kappa shape index (κ2) is 4.40. The molecule has 1 heterocycles. The van der Waals surface area contributed by atoms with Gasteiger partial charge in [-0.2, -0.15) is 0 Å². The molecule has 1 aromatic rings. The van der Waals surface area contributed by atoms with E-state index in [-0.39, 0.29) is 11.6 Å². The molecule has 0 spiro atoms. The molecule has 1 saturated carbocycles. The van der Waals surface area contributed by atoms with Gasteiger partial charge in [-0.1, -0.05) is 0 Å². The van der Waals surface area contributed by atoms with E-state index in [1.54, 1.807) is 6.07 Å². The van der Waals surface area contributed by atoms with Crippen LogP contribution in [0.25, 0.3) is 0 Å². The van der Waals surface area contributed by atoms with Crippen LogP contribution in [0.15, 0.2) is 18.3 Å². The molecular weight excluding hydrogens is 222 g/mol. The van der Waals surface area contributed by atoms with Crippen molar-refractivity contribution in [2.24, 2.45) is 5.92 Å². The van der Waals surface area contributed by atoms with Crippen molar-refractivity contribution in [3.05, 3.63) is 24.0 Å². The van der Waals surface area contributed by atoms with Gasteiger partial charge in [-0.05, 0) is 30.9 Å². The highest BCUT2D eigenvalue weighted by Crippen LogP contribution is 2.32. The minimum atomic E-state index is -1.00. The number of pyridine rings is 1. The van der Waals surface area contributed by atoms with E-state index in [2.05, 4.69) is 10.3 Å². The topological polar surface area (TPSA) is 105 Å². The normalized spacial score (nSPS) is 16.2. The lowest BCUT2D eigenvalue weighted by Crippen LogP contribution is -2.42. The van der Waals surface area contributed by atoms with Gasteiger partial charge in [-0.15, -0.1) is 0 Å². The van der Waals surface area contributed by atoms with Gasteiger partial charge >= 0.3 is 5.97 Å². The molecule has 0 aromatic carbocycles. The third-order valence-corrected chi connectivity index (χ3v) is 2.67. The second-order valence-electron chi connectivity index (χ2n) is 4.10. The van der Waals surface area contributed by atoms with E-state index in [1.807, 2.05) is 0 Å². The van der Waals surface area contributed by atoms with Gasteiger partial charge in [0.1, 0.15) is 11.7 Å². The zero-order valence-electron chi connectivity index (χ0n) is 9.09. The fourth-order valence-corrected chi connectivity index (χ4v) is 1.57. The number of hydrogen-bond acceptors (Lipinski definition) is 4. The van der Waals surface area contributed by atoms with Crippen LogP contribution in [0.1, 0.15) is 23.3 Å². The summed E-state index contributed by atoms with van der Waals surface area (Å²) < 4.78 is 0. The van der Waals surface area contributed by atoms with Crippen molar-refractivity contribution in [1.29, 1.82) is 0 Å². The summed E-state index contributed by atoms with van der Waals surface area (Å²) >= 11 is 0. The summed E-state index contributed by atoms with van der Waals surface area (Å²) in [6.45, 7) is 0. The summed E-state index contributed by atoms with van der Waals surface area (Å²) in [5.41, 5.74) is 6.08. The Balaban J connectivity index is 2.04. The van der Waals surface area contributed by atoms with E-state index in [1.165, 1.54) is 12.3 Å². The van der Waals surface area contributed by atoms with Crippen molar-refractivity contribution in [1.82, 2.24) is 10.3 Å². The summed E-state index contributed by atoms with van der Waals surface area (Å²) in [5, 5.41) is 11.4. The molecule has 1 aliphatic carbocycles. The quantitative estimate of drug-likeness (QED) is 0.694. The molecule has 1 fully saturated rings. The molecule has 2 rings (SSSR count). The number of rotatable bonds is 4. The average Bonchev–Trinajstić information content (AvgIpc) is 3.10. The number of aromatic nitrogens is 1. The second-order valence-corrected chi connectivity index (χ2v) is 4.10. The Morgan fingerprint density at radius 1 is 1.47 bits per heavy atom. The van der Waals surface area contributed by atoms with Gasteiger partial charge in [0.2, 0.25) is 0 Å². The number of anilines is 1. The van der Waals surface area contributed by atoms with E-state index in [9.17, 15) is 9.59 Å². The molecule has 1 amide bonds. The van der Waals surface area contributed by atoms with Gasteiger partial charge in [0, 0.05) is 0 Å². The molecule has 1 atom stereocenters. The minimum Gasteiger partial charge on any atom is -0.480 e. The molecule has 90 valence electrons. The summed E-state index contributed by atoms with van der Waals surface area (Å²) in [5.74, 6) is -1.44. The van der Waals surface area contributed by atoms with E-state index in [4.69, 9.17) is 10.8 Å².